The Labute approximate surface area is 129 Å². The Hall–Kier alpha value is -1.52. The number of hydrogen-bond acceptors (Lipinski definition) is 4. The summed E-state index contributed by atoms with van der Waals surface area (Å²) in [5.41, 5.74) is 3.37. The predicted octanol–water partition coefficient (Wildman–Crippen LogP) is 3.93. The van der Waals surface area contributed by atoms with Gasteiger partial charge in [-0.05, 0) is 49.4 Å². The maximum absolute atomic E-state index is 10.2. The molecule has 0 saturated heterocycles. The Morgan fingerprint density at radius 3 is 2.90 bits per heavy atom. The topological polar surface area (TPSA) is 32.7 Å². The molecule has 2 atom stereocenters. The van der Waals surface area contributed by atoms with E-state index in [1.165, 1.54) is 10.4 Å². The van der Waals surface area contributed by atoms with Crippen molar-refractivity contribution in [2.75, 3.05) is 18.6 Å². The second-order valence-corrected chi connectivity index (χ2v) is 6.49. The molecule has 0 radical (unpaired) electrons. The van der Waals surface area contributed by atoms with Crippen LogP contribution < -0.4 is 9.64 Å². The molecule has 0 bridgehead atoms. The van der Waals surface area contributed by atoms with E-state index in [0.717, 1.165) is 30.0 Å². The summed E-state index contributed by atoms with van der Waals surface area (Å²) >= 11 is 1.84. The molecular weight excluding hydrogens is 282 g/mol. The van der Waals surface area contributed by atoms with E-state index in [9.17, 15) is 5.11 Å². The van der Waals surface area contributed by atoms with Crippen LogP contribution in [0.15, 0.2) is 29.6 Å². The molecule has 2 heterocycles. The number of aliphatic hydroxyl groups excluding tert-OH is 1. The van der Waals surface area contributed by atoms with Crippen LogP contribution >= 0.6 is 11.3 Å². The first kappa shape index (κ1) is 14.4. The number of ether oxygens (including phenoxy) is 1. The molecule has 112 valence electrons. The lowest BCUT2D eigenvalue weighted by Crippen LogP contribution is -2.34. The van der Waals surface area contributed by atoms with Crippen molar-refractivity contribution in [3.8, 4) is 5.75 Å². The summed E-state index contributed by atoms with van der Waals surface area (Å²) < 4.78 is 5.44. The summed E-state index contributed by atoms with van der Waals surface area (Å²) in [5.74, 6) is 0.755. The van der Waals surface area contributed by atoms with E-state index in [1.807, 2.05) is 23.5 Å². The number of benzene rings is 1. The van der Waals surface area contributed by atoms with Gasteiger partial charge in [0.05, 0.1) is 19.3 Å². The van der Waals surface area contributed by atoms with E-state index in [0.29, 0.717) is 6.04 Å². The number of anilines is 1. The Balaban J connectivity index is 2.05. The van der Waals surface area contributed by atoms with Gasteiger partial charge in [-0.3, -0.25) is 0 Å². The number of thiophene rings is 1. The molecule has 0 amide bonds. The van der Waals surface area contributed by atoms with Crippen molar-refractivity contribution in [3.63, 3.8) is 0 Å². The molecule has 0 fully saturated rings. The van der Waals surface area contributed by atoms with Crippen LogP contribution in [0.25, 0.3) is 0 Å². The molecule has 3 nitrogen and oxygen atoms in total. The standard InChI is InChI=1S/C17H21NO2S/c1-11-13-8-10-21-16(13)7-9-18(11)14-5-4-6-15(20-3)17(14)12(2)19/h4-6,8,10-12,19H,7,9H2,1-3H3. The SMILES string of the molecule is COc1cccc(N2CCc3sccc3C2C)c1C(C)O. The first-order valence-corrected chi connectivity index (χ1v) is 8.19. The minimum Gasteiger partial charge on any atom is -0.496 e. The quantitative estimate of drug-likeness (QED) is 0.932. The van der Waals surface area contributed by atoms with E-state index in [-0.39, 0.29) is 0 Å². The van der Waals surface area contributed by atoms with Gasteiger partial charge in [-0.1, -0.05) is 6.07 Å². The Morgan fingerprint density at radius 1 is 1.38 bits per heavy atom. The van der Waals surface area contributed by atoms with Crippen molar-refractivity contribution in [1.82, 2.24) is 0 Å². The van der Waals surface area contributed by atoms with Crippen LogP contribution in [0.1, 0.15) is 42.0 Å². The van der Waals surface area contributed by atoms with Crippen LogP contribution in [0.5, 0.6) is 5.75 Å². The maximum Gasteiger partial charge on any atom is 0.126 e. The number of methoxy groups -OCH3 is 1. The van der Waals surface area contributed by atoms with Gasteiger partial charge in [0.15, 0.2) is 0 Å². The summed E-state index contributed by atoms with van der Waals surface area (Å²) in [6.07, 6.45) is 0.514. The largest absolute Gasteiger partial charge is 0.496 e. The molecule has 0 saturated carbocycles. The second kappa shape index (κ2) is 5.70. The fourth-order valence-corrected chi connectivity index (χ4v) is 4.18. The highest BCUT2D eigenvalue weighted by Gasteiger charge is 2.28. The third kappa shape index (κ3) is 2.43. The Kier molecular flexibility index (Phi) is 3.91. The normalized spacial score (nSPS) is 19.2. The van der Waals surface area contributed by atoms with Crippen LogP contribution in [-0.4, -0.2) is 18.8 Å². The molecule has 1 aliphatic rings. The van der Waals surface area contributed by atoms with Crippen LogP contribution in [0.4, 0.5) is 5.69 Å². The predicted molar refractivity (Wildman–Crippen MR) is 87.4 cm³/mol. The van der Waals surface area contributed by atoms with Crippen molar-refractivity contribution < 1.29 is 9.84 Å². The fourth-order valence-electron chi connectivity index (χ4n) is 3.22. The molecular formula is C17H21NO2S. The van der Waals surface area contributed by atoms with Crippen molar-refractivity contribution in [2.24, 2.45) is 0 Å². The summed E-state index contributed by atoms with van der Waals surface area (Å²) in [5, 5.41) is 12.4. The number of fused-ring (bicyclic) bond motifs is 1. The first-order valence-electron chi connectivity index (χ1n) is 7.31. The molecule has 4 heteroatoms. The lowest BCUT2D eigenvalue weighted by atomic mass is 9.98. The minimum atomic E-state index is -0.549. The lowest BCUT2D eigenvalue weighted by Gasteiger charge is -2.37. The van der Waals surface area contributed by atoms with Crippen LogP contribution in [-0.2, 0) is 6.42 Å². The van der Waals surface area contributed by atoms with Crippen LogP contribution in [0, 0.1) is 0 Å². The Morgan fingerprint density at radius 2 is 2.19 bits per heavy atom. The smallest absolute Gasteiger partial charge is 0.126 e. The van der Waals surface area contributed by atoms with Gasteiger partial charge in [0, 0.05) is 22.7 Å². The van der Waals surface area contributed by atoms with Gasteiger partial charge in [0.25, 0.3) is 0 Å². The average molecular weight is 303 g/mol. The van der Waals surface area contributed by atoms with Crippen molar-refractivity contribution >= 4 is 17.0 Å². The molecule has 1 aromatic carbocycles. The molecule has 3 rings (SSSR count). The molecule has 2 aromatic rings. The fraction of sp³-hybridized carbons (Fsp3) is 0.412. The number of rotatable bonds is 3. The first-order chi connectivity index (χ1) is 10.1. The van der Waals surface area contributed by atoms with Gasteiger partial charge in [0.1, 0.15) is 5.75 Å². The third-order valence-corrected chi connectivity index (χ3v) is 5.26. The van der Waals surface area contributed by atoms with Crippen LogP contribution in [0.3, 0.4) is 0 Å². The number of nitrogens with zero attached hydrogens (tertiary/aromatic N) is 1. The molecule has 1 aromatic heterocycles. The van der Waals surface area contributed by atoms with Gasteiger partial charge >= 0.3 is 0 Å². The lowest BCUT2D eigenvalue weighted by molar-refractivity contribution is 0.194. The van der Waals surface area contributed by atoms with Gasteiger partial charge in [-0.25, -0.2) is 0 Å². The van der Waals surface area contributed by atoms with E-state index in [4.69, 9.17) is 4.74 Å². The highest BCUT2D eigenvalue weighted by atomic mass is 32.1. The molecule has 21 heavy (non-hydrogen) atoms. The molecule has 0 aliphatic carbocycles. The van der Waals surface area contributed by atoms with E-state index in [2.05, 4.69) is 29.3 Å². The molecule has 0 spiro atoms. The van der Waals surface area contributed by atoms with Crippen molar-refractivity contribution in [3.05, 3.63) is 45.6 Å². The monoisotopic (exact) mass is 303 g/mol. The summed E-state index contributed by atoms with van der Waals surface area (Å²) in [7, 11) is 1.65. The summed E-state index contributed by atoms with van der Waals surface area (Å²) in [6.45, 7) is 5.00. The summed E-state index contributed by atoms with van der Waals surface area (Å²) in [6, 6.07) is 8.54. The third-order valence-electron chi connectivity index (χ3n) is 4.27. The van der Waals surface area contributed by atoms with E-state index in [1.54, 1.807) is 14.0 Å². The maximum atomic E-state index is 10.2. The average Bonchev–Trinajstić information content (AvgIpc) is 2.96. The molecule has 1 N–H and O–H groups in total. The van der Waals surface area contributed by atoms with Crippen molar-refractivity contribution in [1.29, 1.82) is 0 Å². The highest BCUT2D eigenvalue weighted by Crippen LogP contribution is 2.41. The van der Waals surface area contributed by atoms with E-state index < -0.39 is 6.10 Å². The second-order valence-electron chi connectivity index (χ2n) is 5.49. The molecule has 2 unspecified atom stereocenters. The number of aliphatic hydroxyl groups is 1. The zero-order valence-electron chi connectivity index (χ0n) is 12.7. The number of hydrogen-bond donors (Lipinski definition) is 1. The van der Waals surface area contributed by atoms with Gasteiger partial charge in [-0.15, -0.1) is 11.3 Å². The zero-order chi connectivity index (χ0) is 15.0. The van der Waals surface area contributed by atoms with Gasteiger partial charge < -0.3 is 14.7 Å². The van der Waals surface area contributed by atoms with Gasteiger partial charge in [-0.2, -0.15) is 0 Å². The van der Waals surface area contributed by atoms with Crippen LogP contribution in [0.2, 0.25) is 0 Å². The van der Waals surface area contributed by atoms with Crippen molar-refractivity contribution in [2.45, 2.75) is 32.4 Å². The van der Waals surface area contributed by atoms with Gasteiger partial charge in [0.2, 0.25) is 0 Å². The minimum absolute atomic E-state index is 0.324. The summed E-state index contributed by atoms with van der Waals surface area (Å²) in [4.78, 5) is 3.86. The Bertz CT molecular complexity index is 635. The highest BCUT2D eigenvalue weighted by molar-refractivity contribution is 7.10. The van der Waals surface area contributed by atoms with E-state index >= 15 is 0 Å². The molecule has 1 aliphatic heterocycles. The zero-order valence-corrected chi connectivity index (χ0v) is 13.5.